The zero-order chi connectivity index (χ0) is 13.0. The molecule has 1 saturated heterocycles. The van der Waals surface area contributed by atoms with Gasteiger partial charge in [0.2, 0.25) is 0 Å². The van der Waals surface area contributed by atoms with Crippen molar-refractivity contribution < 1.29 is 17.9 Å². The van der Waals surface area contributed by atoms with Crippen LogP contribution < -0.4 is 0 Å². The molecule has 0 unspecified atom stereocenters. The fourth-order valence-corrected chi connectivity index (χ4v) is 2.07. The van der Waals surface area contributed by atoms with Crippen molar-refractivity contribution >= 4 is 0 Å². The summed E-state index contributed by atoms with van der Waals surface area (Å²) in [7, 11) is 0. The van der Waals surface area contributed by atoms with Crippen molar-refractivity contribution in [1.29, 1.82) is 0 Å². The lowest BCUT2D eigenvalue weighted by molar-refractivity contribution is 0.0374. The number of ether oxygens (including phenoxy) is 1. The molecule has 1 aliphatic heterocycles. The first-order valence-electron chi connectivity index (χ1n) is 6.10. The Labute approximate surface area is 104 Å². The molecular weight excluding hydrogens is 243 g/mol. The van der Waals surface area contributed by atoms with Crippen LogP contribution in [0.25, 0.3) is 0 Å². The number of hydrogen-bond acceptors (Lipinski definition) is 2. The summed E-state index contributed by atoms with van der Waals surface area (Å²) in [5.41, 5.74) is 0.238. The molecule has 1 aromatic carbocycles. The highest BCUT2D eigenvalue weighted by molar-refractivity contribution is 5.20. The fourth-order valence-electron chi connectivity index (χ4n) is 2.07. The van der Waals surface area contributed by atoms with Gasteiger partial charge in [-0.1, -0.05) is 0 Å². The standard InChI is InChI=1S/C13H16F3NO/c14-11-9-13(16)12(15)8-10(11)2-1-3-17-4-6-18-7-5-17/h8-9H,1-7H2. The minimum atomic E-state index is -1.13. The molecule has 0 radical (unpaired) electrons. The van der Waals surface area contributed by atoms with Gasteiger partial charge < -0.3 is 4.74 Å². The van der Waals surface area contributed by atoms with E-state index in [1.807, 2.05) is 0 Å². The molecule has 1 fully saturated rings. The van der Waals surface area contributed by atoms with Crippen molar-refractivity contribution in [2.24, 2.45) is 0 Å². The number of morpholine rings is 1. The third kappa shape index (κ3) is 3.46. The second kappa shape index (κ2) is 6.20. The molecule has 0 N–H and O–H groups in total. The summed E-state index contributed by atoms with van der Waals surface area (Å²) >= 11 is 0. The first-order valence-corrected chi connectivity index (χ1v) is 6.10. The number of halogens is 3. The van der Waals surface area contributed by atoms with E-state index in [1.54, 1.807) is 0 Å². The van der Waals surface area contributed by atoms with Gasteiger partial charge in [0, 0.05) is 19.2 Å². The molecule has 100 valence electrons. The van der Waals surface area contributed by atoms with Gasteiger partial charge in [0.1, 0.15) is 5.82 Å². The predicted molar refractivity (Wildman–Crippen MR) is 61.9 cm³/mol. The number of rotatable bonds is 4. The van der Waals surface area contributed by atoms with E-state index in [4.69, 9.17) is 4.74 Å². The summed E-state index contributed by atoms with van der Waals surface area (Å²) in [6, 6.07) is 1.56. The molecule has 0 spiro atoms. The number of nitrogens with zero attached hydrogens (tertiary/aromatic N) is 1. The molecule has 1 aromatic rings. The van der Waals surface area contributed by atoms with Crippen LogP contribution in [-0.2, 0) is 11.2 Å². The van der Waals surface area contributed by atoms with E-state index in [9.17, 15) is 13.2 Å². The average Bonchev–Trinajstić information content (AvgIpc) is 2.37. The Kier molecular flexibility index (Phi) is 4.60. The molecule has 0 aromatic heterocycles. The summed E-state index contributed by atoms with van der Waals surface area (Å²) in [4.78, 5) is 2.22. The highest BCUT2D eigenvalue weighted by Crippen LogP contribution is 2.15. The first-order chi connectivity index (χ1) is 8.66. The maximum Gasteiger partial charge on any atom is 0.161 e. The number of benzene rings is 1. The van der Waals surface area contributed by atoms with Crippen LogP contribution in [0.3, 0.4) is 0 Å². The van der Waals surface area contributed by atoms with Crippen molar-refractivity contribution in [2.45, 2.75) is 12.8 Å². The predicted octanol–water partition coefficient (Wildman–Crippen LogP) is 2.37. The van der Waals surface area contributed by atoms with E-state index in [0.29, 0.717) is 12.5 Å². The molecule has 2 rings (SSSR count). The van der Waals surface area contributed by atoms with Crippen LogP contribution in [0, 0.1) is 17.5 Å². The summed E-state index contributed by atoms with van der Waals surface area (Å²) in [6.45, 7) is 4.02. The van der Waals surface area contributed by atoms with Crippen molar-refractivity contribution in [3.63, 3.8) is 0 Å². The van der Waals surface area contributed by atoms with Gasteiger partial charge in [0.15, 0.2) is 11.6 Å². The Hall–Kier alpha value is -1.07. The van der Waals surface area contributed by atoms with E-state index in [0.717, 1.165) is 45.3 Å². The van der Waals surface area contributed by atoms with Crippen LogP contribution in [-0.4, -0.2) is 37.7 Å². The molecule has 0 atom stereocenters. The molecule has 0 bridgehead atoms. The Morgan fingerprint density at radius 1 is 1.00 bits per heavy atom. The van der Waals surface area contributed by atoms with E-state index < -0.39 is 17.5 Å². The fraction of sp³-hybridized carbons (Fsp3) is 0.538. The minimum Gasteiger partial charge on any atom is -0.379 e. The zero-order valence-corrected chi connectivity index (χ0v) is 10.1. The minimum absolute atomic E-state index is 0.238. The summed E-state index contributed by atoms with van der Waals surface area (Å²) in [5, 5.41) is 0. The smallest absolute Gasteiger partial charge is 0.161 e. The lowest BCUT2D eigenvalue weighted by Gasteiger charge is -2.26. The second-order valence-electron chi connectivity index (χ2n) is 4.42. The first kappa shape index (κ1) is 13.4. The van der Waals surface area contributed by atoms with Crippen LogP contribution in [0.15, 0.2) is 12.1 Å². The van der Waals surface area contributed by atoms with Crippen LogP contribution >= 0.6 is 0 Å². The molecule has 18 heavy (non-hydrogen) atoms. The zero-order valence-electron chi connectivity index (χ0n) is 10.1. The monoisotopic (exact) mass is 259 g/mol. The lowest BCUT2D eigenvalue weighted by atomic mass is 10.1. The quantitative estimate of drug-likeness (QED) is 0.770. The number of aryl methyl sites for hydroxylation is 1. The van der Waals surface area contributed by atoms with E-state index in [-0.39, 0.29) is 5.56 Å². The Morgan fingerprint density at radius 2 is 1.67 bits per heavy atom. The summed E-state index contributed by atoms with van der Waals surface area (Å²) in [5.74, 6) is -2.79. The largest absolute Gasteiger partial charge is 0.379 e. The maximum absolute atomic E-state index is 13.4. The van der Waals surface area contributed by atoms with Gasteiger partial charge in [-0.3, -0.25) is 4.90 Å². The van der Waals surface area contributed by atoms with Crippen molar-refractivity contribution in [3.05, 3.63) is 35.1 Å². The van der Waals surface area contributed by atoms with Crippen LogP contribution in [0.5, 0.6) is 0 Å². The third-order valence-corrected chi connectivity index (χ3v) is 3.11. The Morgan fingerprint density at radius 3 is 2.39 bits per heavy atom. The second-order valence-corrected chi connectivity index (χ2v) is 4.42. The van der Waals surface area contributed by atoms with Gasteiger partial charge >= 0.3 is 0 Å². The van der Waals surface area contributed by atoms with Crippen LogP contribution in [0.1, 0.15) is 12.0 Å². The Bertz CT molecular complexity index is 405. The third-order valence-electron chi connectivity index (χ3n) is 3.11. The lowest BCUT2D eigenvalue weighted by Crippen LogP contribution is -2.36. The van der Waals surface area contributed by atoms with E-state index in [2.05, 4.69) is 4.90 Å². The van der Waals surface area contributed by atoms with Gasteiger partial charge in [0.25, 0.3) is 0 Å². The van der Waals surface area contributed by atoms with Gasteiger partial charge in [-0.15, -0.1) is 0 Å². The van der Waals surface area contributed by atoms with Gasteiger partial charge in [-0.2, -0.15) is 0 Å². The van der Waals surface area contributed by atoms with Gasteiger partial charge in [0.05, 0.1) is 13.2 Å². The van der Waals surface area contributed by atoms with Crippen LogP contribution in [0.2, 0.25) is 0 Å². The highest BCUT2D eigenvalue weighted by Gasteiger charge is 2.12. The molecule has 5 heteroatoms. The highest BCUT2D eigenvalue weighted by atomic mass is 19.2. The van der Waals surface area contributed by atoms with Gasteiger partial charge in [-0.25, -0.2) is 13.2 Å². The normalized spacial score (nSPS) is 17.1. The molecule has 2 nitrogen and oxygen atoms in total. The van der Waals surface area contributed by atoms with Gasteiger partial charge in [-0.05, 0) is 31.0 Å². The Balaban J connectivity index is 1.84. The maximum atomic E-state index is 13.4. The number of hydrogen-bond donors (Lipinski definition) is 0. The summed E-state index contributed by atoms with van der Waals surface area (Å²) < 4.78 is 44.3. The van der Waals surface area contributed by atoms with E-state index in [1.165, 1.54) is 0 Å². The topological polar surface area (TPSA) is 12.5 Å². The van der Waals surface area contributed by atoms with Crippen molar-refractivity contribution in [3.8, 4) is 0 Å². The molecule has 0 amide bonds. The molecule has 1 heterocycles. The van der Waals surface area contributed by atoms with Crippen molar-refractivity contribution in [1.82, 2.24) is 4.90 Å². The average molecular weight is 259 g/mol. The molecule has 0 aliphatic carbocycles. The summed E-state index contributed by atoms with van der Waals surface area (Å²) in [6.07, 6.45) is 1.14. The SMILES string of the molecule is Fc1cc(F)c(CCCN2CCOCC2)cc1F. The van der Waals surface area contributed by atoms with Crippen LogP contribution in [0.4, 0.5) is 13.2 Å². The molecule has 0 saturated carbocycles. The molecule has 1 aliphatic rings. The van der Waals surface area contributed by atoms with E-state index >= 15 is 0 Å². The molecular formula is C13H16F3NO. The van der Waals surface area contributed by atoms with Crippen molar-refractivity contribution in [2.75, 3.05) is 32.8 Å².